The Morgan fingerprint density at radius 2 is 1.94 bits per heavy atom. The van der Waals surface area contributed by atoms with Crippen molar-refractivity contribution in [1.29, 1.82) is 0 Å². The maximum absolute atomic E-state index is 6.23. The largest absolute Gasteiger partial charge is 0.326 e. The van der Waals surface area contributed by atoms with Gasteiger partial charge >= 0.3 is 0 Å². The minimum absolute atomic E-state index is 0.111. The highest BCUT2D eigenvalue weighted by atomic mass is 32.2. The Bertz CT molecular complexity index is 461. The zero-order chi connectivity index (χ0) is 12.8. The van der Waals surface area contributed by atoms with E-state index in [-0.39, 0.29) is 11.3 Å². The molecule has 0 fully saturated rings. The van der Waals surface area contributed by atoms with Crippen LogP contribution in [0.3, 0.4) is 0 Å². The van der Waals surface area contributed by atoms with Gasteiger partial charge in [0, 0.05) is 24.6 Å². The average molecular weight is 259 g/mol. The second-order valence-corrected chi connectivity index (χ2v) is 5.22. The molecule has 0 aliphatic rings. The van der Waals surface area contributed by atoms with Crippen LogP contribution >= 0.6 is 11.8 Å². The summed E-state index contributed by atoms with van der Waals surface area (Å²) >= 11 is 1.71. The molecule has 0 aliphatic heterocycles. The average Bonchev–Trinajstić information content (AvgIpc) is 2.46. The van der Waals surface area contributed by atoms with Crippen LogP contribution in [0.2, 0.25) is 0 Å². The van der Waals surface area contributed by atoms with Gasteiger partial charge in [-0.1, -0.05) is 24.8 Å². The van der Waals surface area contributed by atoms with E-state index >= 15 is 0 Å². The summed E-state index contributed by atoms with van der Waals surface area (Å²) in [7, 11) is 0. The molecule has 0 bridgehead atoms. The molecule has 2 aromatic heterocycles. The predicted octanol–water partition coefficient (Wildman–Crippen LogP) is 3.05. The van der Waals surface area contributed by atoms with E-state index in [9.17, 15) is 0 Å². The molecule has 2 rings (SSSR count). The van der Waals surface area contributed by atoms with Crippen LogP contribution in [0.25, 0.3) is 0 Å². The molecule has 0 radical (unpaired) electrons. The van der Waals surface area contributed by atoms with Gasteiger partial charge in [-0.25, -0.2) is 4.98 Å². The van der Waals surface area contributed by atoms with Gasteiger partial charge in [0.15, 0.2) is 0 Å². The van der Waals surface area contributed by atoms with Gasteiger partial charge in [-0.3, -0.25) is 4.98 Å². The SMILES string of the molecule is CCC(N)C(Sc1ccccn1)c1ccncc1. The number of hydrogen-bond donors (Lipinski definition) is 1. The van der Waals surface area contributed by atoms with Crippen molar-refractivity contribution < 1.29 is 0 Å². The van der Waals surface area contributed by atoms with Crippen molar-refractivity contribution in [3.63, 3.8) is 0 Å². The molecule has 0 amide bonds. The van der Waals surface area contributed by atoms with E-state index in [2.05, 4.69) is 16.9 Å². The quantitative estimate of drug-likeness (QED) is 0.838. The summed E-state index contributed by atoms with van der Waals surface area (Å²) in [6.45, 7) is 2.11. The first-order chi connectivity index (χ1) is 8.81. The van der Waals surface area contributed by atoms with Crippen LogP contribution in [0.1, 0.15) is 24.2 Å². The highest BCUT2D eigenvalue weighted by Crippen LogP contribution is 2.36. The highest BCUT2D eigenvalue weighted by Gasteiger charge is 2.20. The van der Waals surface area contributed by atoms with Crippen LogP contribution in [-0.2, 0) is 0 Å². The Morgan fingerprint density at radius 3 is 2.56 bits per heavy atom. The normalized spacial score (nSPS) is 14.1. The van der Waals surface area contributed by atoms with E-state index in [0.29, 0.717) is 0 Å². The van der Waals surface area contributed by atoms with Gasteiger partial charge < -0.3 is 5.73 Å². The molecule has 2 atom stereocenters. The predicted molar refractivity (Wildman–Crippen MR) is 75.3 cm³/mol. The van der Waals surface area contributed by atoms with Crippen molar-refractivity contribution in [3.05, 3.63) is 54.5 Å². The van der Waals surface area contributed by atoms with E-state index in [1.54, 1.807) is 11.8 Å². The fourth-order valence-electron chi connectivity index (χ4n) is 1.72. The lowest BCUT2D eigenvalue weighted by Crippen LogP contribution is -2.25. The Balaban J connectivity index is 2.21. The summed E-state index contributed by atoms with van der Waals surface area (Å²) in [5.41, 5.74) is 7.43. The zero-order valence-electron chi connectivity index (χ0n) is 10.4. The monoisotopic (exact) mass is 259 g/mol. The second kappa shape index (κ2) is 6.52. The Morgan fingerprint density at radius 1 is 1.17 bits per heavy atom. The van der Waals surface area contributed by atoms with Crippen LogP contribution in [-0.4, -0.2) is 16.0 Å². The lowest BCUT2D eigenvalue weighted by molar-refractivity contribution is 0.633. The fraction of sp³-hybridized carbons (Fsp3) is 0.286. The van der Waals surface area contributed by atoms with E-state index in [1.165, 1.54) is 5.56 Å². The highest BCUT2D eigenvalue weighted by molar-refractivity contribution is 7.99. The summed E-state index contributed by atoms with van der Waals surface area (Å²) in [6, 6.07) is 10.1. The van der Waals surface area contributed by atoms with Crippen molar-refractivity contribution in [3.8, 4) is 0 Å². The van der Waals surface area contributed by atoms with Gasteiger partial charge in [-0.15, -0.1) is 0 Å². The fourth-order valence-corrected chi connectivity index (χ4v) is 2.92. The van der Waals surface area contributed by atoms with Gasteiger partial charge in [0.2, 0.25) is 0 Å². The topological polar surface area (TPSA) is 51.8 Å². The first-order valence-electron chi connectivity index (χ1n) is 6.04. The number of nitrogens with two attached hydrogens (primary N) is 1. The van der Waals surface area contributed by atoms with Crippen molar-refractivity contribution in [2.75, 3.05) is 0 Å². The first-order valence-corrected chi connectivity index (χ1v) is 6.92. The van der Waals surface area contributed by atoms with Crippen LogP contribution in [0.15, 0.2) is 53.9 Å². The lowest BCUT2D eigenvalue weighted by atomic mass is 10.1. The van der Waals surface area contributed by atoms with Crippen LogP contribution in [0, 0.1) is 0 Å². The number of thioether (sulfide) groups is 1. The van der Waals surface area contributed by atoms with Crippen molar-refractivity contribution in [1.82, 2.24) is 9.97 Å². The number of rotatable bonds is 5. The molecule has 3 nitrogen and oxygen atoms in total. The molecule has 0 spiro atoms. The lowest BCUT2D eigenvalue weighted by Gasteiger charge is -2.22. The standard InChI is InChI=1S/C14H17N3S/c1-2-12(15)14(11-6-9-16-10-7-11)18-13-5-3-4-8-17-13/h3-10,12,14H,2,15H2,1H3. The Kier molecular flexibility index (Phi) is 4.73. The van der Waals surface area contributed by atoms with Gasteiger partial charge in [0.05, 0.1) is 10.3 Å². The summed E-state index contributed by atoms with van der Waals surface area (Å²) in [4.78, 5) is 8.41. The summed E-state index contributed by atoms with van der Waals surface area (Å²) in [6.07, 6.45) is 6.36. The number of hydrogen-bond acceptors (Lipinski definition) is 4. The maximum Gasteiger partial charge on any atom is 0.0966 e. The summed E-state index contributed by atoms with van der Waals surface area (Å²) < 4.78 is 0. The van der Waals surface area contributed by atoms with E-state index in [4.69, 9.17) is 5.73 Å². The zero-order valence-corrected chi connectivity index (χ0v) is 11.2. The molecule has 2 heterocycles. The molecular weight excluding hydrogens is 242 g/mol. The molecule has 0 aromatic carbocycles. The molecule has 0 saturated carbocycles. The van der Waals surface area contributed by atoms with E-state index in [0.717, 1.165) is 11.4 Å². The molecule has 2 aromatic rings. The Labute approximate surface area is 112 Å². The molecular formula is C14H17N3S. The van der Waals surface area contributed by atoms with Crippen molar-refractivity contribution >= 4 is 11.8 Å². The van der Waals surface area contributed by atoms with Gasteiger partial charge in [-0.2, -0.15) is 0 Å². The third-order valence-corrected chi connectivity index (χ3v) is 4.14. The molecule has 4 heteroatoms. The summed E-state index contributed by atoms with van der Waals surface area (Å²) in [5, 5.41) is 1.22. The van der Waals surface area contributed by atoms with Crippen LogP contribution in [0.4, 0.5) is 0 Å². The minimum Gasteiger partial charge on any atom is -0.326 e. The maximum atomic E-state index is 6.23. The third-order valence-electron chi connectivity index (χ3n) is 2.78. The van der Waals surface area contributed by atoms with Crippen molar-refractivity contribution in [2.24, 2.45) is 5.73 Å². The third kappa shape index (κ3) is 3.31. The van der Waals surface area contributed by atoms with Crippen LogP contribution in [0.5, 0.6) is 0 Å². The van der Waals surface area contributed by atoms with E-state index < -0.39 is 0 Å². The minimum atomic E-state index is 0.111. The van der Waals surface area contributed by atoms with E-state index in [1.807, 2.05) is 48.9 Å². The second-order valence-electron chi connectivity index (χ2n) is 4.06. The Hall–Kier alpha value is -1.39. The number of pyridine rings is 2. The summed E-state index contributed by atoms with van der Waals surface area (Å²) in [5.74, 6) is 0. The molecule has 94 valence electrons. The number of nitrogens with zero attached hydrogens (tertiary/aromatic N) is 2. The van der Waals surface area contributed by atoms with Gasteiger partial charge in [0.25, 0.3) is 0 Å². The smallest absolute Gasteiger partial charge is 0.0966 e. The molecule has 2 N–H and O–H groups in total. The molecule has 18 heavy (non-hydrogen) atoms. The van der Waals surface area contributed by atoms with Crippen molar-refractivity contribution in [2.45, 2.75) is 29.7 Å². The number of aromatic nitrogens is 2. The van der Waals surface area contributed by atoms with Gasteiger partial charge in [0.1, 0.15) is 0 Å². The molecule has 2 unspecified atom stereocenters. The van der Waals surface area contributed by atoms with Gasteiger partial charge in [-0.05, 0) is 36.2 Å². The van der Waals surface area contributed by atoms with Crippen LogP contribution < -0.4 is 5.73 Å². The molecule has 0 aliphatic carbocycles. The first kappa shape index (κ1) is 13.1. The molecule has 0 saturated heterocycles.